The van der Waals surface area contributed by atoms with Gasteiger partial charge in [0, 0.05) is 29.3 Å². The van der Waals surface area contributed by atoms with Gasteiger partial charge in [-0.1, -0.05) is 24.3 Å². The lowest BCUT2D eigenvalue weighted by Gasteiger charge is -2.38. The van der Waals surface area contributed by atoms with E-state index in [1.807, 2.05) is 19.1 Å². The first-order valence-corrected chi connectivity index (χ1v) is 8.98. The molecule has 1 aliphatic carbocycles. The van der Waals surface area contributed by atoms with Crippen molar-refractivity contribution < 1.29 is 14.4 Å². The smallest absolute Gasteiger partial charge is 0.270 e. The molecule has 0 saturated heterocycles. The summed E-state index contributed by atoms with van der Waals surface area (Å²) in [5.41, 5.74) is 4.04. The highest BCUT2D eigenvalue weighted by atomic mass is 16.6. The number of ether oxygens (including phenoxy) is 2. The molecule has 1 heterocycles. The van der Waals surface area contributed by atoms with Crippen LogP contribution in [0.5, 0.6) is 11.5 Å². The Balaban J connectivity index is 1.85. The highest BCUT2D eigenvalue weighted by molar-refractivity contribution is 5.68. The second-order valence-corrected chi connectivity index (χ2v) is 7.04. The van der Waals surface area contributed by atoms with Crippen LogP contribution < -0.4 is 14.8 Å². The summed E-state index contributed by atoms with van der Waals surface area (Å²) in [5.74, 6) is 1.83. The summed E-state index contributed by atoms with van der Waals surface area (Å²) in [4.78, 5) is 11.0. The number of fused-ring (bicyclic) bond motifs is 3. The van der Waals surface area contributed by atoms with Crippen LogP contribution in [0.3, 0.4) is 0 Å². The lowest BCUT2D eigenvalue weighted by Crippen LogP contribution is -2.30. The molecule has 1 aliphatic heterocycles. The van der Waals surface area contributed by atoms with Crippen molar-refractivity contribution in [2.24, 2.45) is 5.92 Å². The Morgan fingerprint density at radius 3 is 2.70 bits per heavy atom. The average Bonchev–Trinajstić information content (AvgIpc) is 3.16. The Morgan fingerprint density at radius 1 is 1.19 bits per heavy atom. The van der Waals surface area contributed by atoms with Gasteiger partial charge in [0.1, 0.15) is 0 Å². The lowest BCUT2D eigenvalue weighted by molar-refractivity contribution is -0.385. The minimum absolute atomic E-state index is 0.0303. The number of nitrogens with zero attached hydrogens (tertiary/aromatic N) is 1. The van der Waals surface area contributed by atoms with Crippen LogP contribution in [0.4, 0.5) is 11.4 Å². The van der Waals surface area contributed by atoms with Crippen molar-refractivity contribution in [2.75, 3.05) is 19.5 Å². The molecule has 0 radical (unpaired) electrons. The van der Waals surface area contributed by atoms with E-state index in [9.17, 15) is 10.1 Å². The van der Waals surface area contributed by atoms with Gasteiger partial charge in [-0.25, -0.2) is 0 Å². The molecule has 2 aromatic carbocycles. The number of nitrogens with one attached hydrogen (secondary N) is 1. The Labute approximate surface area is 158 Å². The molecule has 6 heteroatoms. The maximum atomic E-state index is 11.3. The van der Waals surface area contributed by atoms with Crippen molar-refractivity contribution in [3.63, 3.8) is 0 Å². The van der Waals surface area contributed by atoms with E-state index in [0.717, 1.165) is 34.5 Å². The zero-order valence-electron chi connectivity index (χ0n) is 15.6. The number of hydrogen-bond donors (Lipinski definition) is 1. The number of aryl methyl sites for hydroxylation is 1. The fourth-order valence-corrected chi connectivity index (χ4v) is 4.44. The van der Waals surface area contributed by atoms with E-state index in [1.54, 1.807) is 26.4 Å². The zero-order chi connectivity index (χ0) is 19.1. The van der Waals surface area contributed by atoms with E-state index in [4.69, 9.17) is 9.47 Å². The molecule has 0 fully saturated rings. The van der Waals surface area contributed by atoms with E-state index < -0.39 is 0 Å². The summed E-state index contributed by atoms with van der Waals surface area (Å²) >= 11 is 0. The number of rotatable bonds is 4. The number of methoxy groups -OCH3 is 2. The van der Waals surface area contributed by atoms with Crippen LogP contribution in [0.25, 0.3) is 0 Å². The summed E-state index contributed by atoms with van der Waals surface area (Å²) < 4.78 is 11.1. The number of nitro benzene ring substituents is 1. The van der Waals surface area contributed by atoms with Crippen molar-refractivity contribution in [3.05, 3.63) is 69.3 Å². The van der Waals surface area contributed by atoms with Crippen LogP contribution in [-0.2, 0) is 0 Å². The fraction of sp³-hybridized carbons (Fsp3) is 0.333. The van der Waals surface area contributed by atoms with Crippen molar-refractivity contribution in [3.8, 4) is 11.5 Å². The van der Waals surface area contributed by atoms with E-state index in [0.29, 0.717) is 5.75 Å². The minimum atomic E-state index is -0.321. The van der Waals surface area contributed by atoms with Crippen LogP contribution in [-0.4, -0.2) is 19.1 Å². The molecule has 4 rings (SSSR count). The van der Waals surface area contributed by atoms with E-state index in [2.05, 4.69) is 23.5 Å². The zero-order valence-corrected chi connectivity index (χ0v) is 15.6. The third-order valence-electron chi connectivity index (χ3n) is 5.63. The lowest BCUT2D eigenvalue weighted by atomic mass is 9.76. The number of non-ortho nitro benzene ring substituents is 1. The summed E-state index contributed by atoms with van der Waals surface area (Å²) in [5, 5.41) is 15.0. The number of hydrogen-bond acceptors (Lipinski definition) is 5. The molecule has 6 nitrogen and oxygen atoms in total. The van der Waals surface area contributed by atoms with Gasteiger partial charge in [0.05, 0.1) is 25.2 Å². The summed E-state index contributed by atoms with van der Waals surface area (Å²) in [6, 6.07) is 9.28. The molecule has 2 aromatic rings. The molecular weight excluding hydrogens is 344 g/mol. The Kier molecular flexibility index (Phi) is 4.26. The average molecular weight is 366 g/mol. The van der Waals surface area contributed by atoms with Gasteiger partial charge < -0.3 is 14.8 Å². The van der Waals surface area contributed by atoms with Crippen LogP contribution in [0, 0.1) is 23.0 Å². The standard InChI is InChI=1S/C21H22N2O4/c1-12-10-13(23(24)25)11-17-14-6-4-7-15(14)20(22-19(12)17)16-8-5-9-18(26-2)21(16)27-3/h4-6,8-11,14-15,20,22H,7H2,1-3H3/t14-,15+,20+/m0/s1. The van der Waals surface area contributed by atoms with Crippen molar-refractivity contribution in [2.45, 2.75) is 25.3 Å². The molecule has 0 unspecified atom stereocenters. The van der Waals surface area contributed by atoms with Gasteiger partial charge in [-0.05, 0) is 36.5 Å². The van der Waals surface area contributed by atoms with Gasteiger partial charge in [0.25, 0.3) is 5.69 Å². The van der Waals surface area contributed by atoms with Crippen molar-refractivity contribution >= 4 is 11.4 Å². The monoisotopic (exact) mass is 366 g/mol. The van der Waals surface area contributed by atoms with Gasteiger partial charge >= 0.3 is 0 Å². The van der Waals surface area contributed by atoms with Crippen LogP contribution in [0.15, 0.2) is 42.5 Å². The van der Waals surface area contributed by atoms with E-state index in [1.165, 1.54) is 0 Å². The summed E-state index contributed by atoms with van der Waals surface area (Å²) in [7, 11) is 3.28. The SMILES string of the molecule is COc1cccc([C@@H]2Nc3c(C)cc([N+](=O)[O-])cc3[C@H]3C=CC[C@H]32)c1OC. The molecular formula is C21H22N2O4. The Morgan fingerprint density at radius 2 is 2.00 bits per heavy atom. The normalized spacial score (nSPS) is 22.6. The molecule has 0 saturated carbocycles. The van der Waals surface area contributed by atoms with Crippen LogP contribution >= 0.6 is 0 Å². The second kappa shape index (κ2) is 6.61. The Bertz CT molecular complexity index is 938. The fourth-order valence-electron chi connectivity index (χ4n) is 4.44. The van der Waals surface area contributed by atoms with Gasteiger partial charge in [-0.15, -0.1) is 0 Å². The van der Waals surface area contributed by atoms with Crippen LogP contribution in [0.2, 0.25) is 0 Å². The van der Waals surface area contributed by atoms with Gasteiger partial charge in [-0.3, -0.25) is 10.1 Å². The van der Waals surface area contributed by atoms with E-state index >= 15 is 0 Å². The first kappa shape index (κ1) is 17.4. The quantitative estimate of drug-likeness (QED) is 0.480. The number of nitro groups is 1. The molecule has 0 amide bonds. The van der Waals surface area contributed by atoms with Crippen molar-refractivity contribution in [1.29, 1.82) is 0 Å². The minimum Gasteiger partial charge on any atom is -0.493 e. The largest absolute Gasteiger partial charge is 0.493 e. The van der Waals surface area contributed by atoms with Gasteiger partial charge in [0.15, 0.2) is 11.5 Å². The third-order valence-corrected chi connectivity index (χ3v) is 5.63. The first-order valence-electron chi connectivity index (χ1n) is 8.98. The molecule has 1 N–H and O–H groups in total. The van der Waals surface area contributed by atoms with Gasteiger partial charge in [-0.2, -0.15) is 0 Å². The van der Waals surface area contributed by atoms with Crippen molar-refractivity contribution in [1.82, 2.24) is 0 Å². The topological polar surface area (TPSA) is 73.6 Å². The number of benzene rings is 2. The van der Waals surface area contributed by atoms with Gasteiger partial charge in [0.2, 0.25) is 0 Å². The summed E-state index contributed by atoms with van der Waals surface area (Å²) in [6.45, 7) is 1.91. The molecule has 0 aromatic heterocycles. The highest BCUT2D eigenvalue weighted by Gasteiger charge is 2.40. The molecule has 27 heavy (non-hydrogen) atoms. The molecule has 0 spiro atoms. The summed E-state index contributed by atoms with van der Waals surface area (Å²) in [6.07, 6.45) is 5.25. The highest BCUT2D eigenvalue weighted by Crippen LogP contribution is 2.53. The molecule has 0 bridgehead atoms. The van der Waals surface area contributed by atoms with Crippen LogP contribution in [0.1, 0.15) is 35.1 Å². The molecule has 140 valence electrons. The molecule has 2 aliphatic rings. The first-order chi connectivity index (χ1) is 13.0. The third kappa shape index (κ3) is 2.72. The second-order valence-electron chi connectivity index (χ2n) is 7.04. The van der Waals surface area contributed by atoms with E-state index in [-0.39, 0.29) is 28.5 Å². The maximum Gasteiger partial charge on any atom is 0.270 e. The predicted molar refractivity (Wildman–Crippen MR) is 104 cm³/mol. The number of anilines is 1. The predicted octanol–water partition coefficient (Wildman–Crippen LogP) is 4.75. The number of allylic oxidation sites excluding steroid dienone is 2. The molecule has 3 atom stereocenters. The maximum absolute atomic E-state index is 11.3. The Hall–Kier alpha value is -3.02. The number of para-hydroxylation sites is 1.